The van der Waals surface area contributed by atoms with Gasteiger partial charge in [-0.15, -0.1) is 11.6 Å². The Kier molecular flexibility index (Phi) is 11.8. The van der Waals surface area contributed by atoms with Crippen LogP contribution in [-0.2, 0) is 14.3 Å². The Morgan fingerprint density at radius 3 is 2.22 bits per heavy atom. The van der Waals surface area contributed by atoms with Crippen LogP contribution in [0.4, 0.5) is 4.79 Å². The Hall–Kier alpha value is -2.88. The van der Waals surface area contributed by atoms with Crippen LogP contribution in [0.15, 0.2) is 40.0 Å². The van der Waals surface area contributed by atoms with Gasteiger partial charge in [-0.2, -0.15) is 0 Å². The third kappa shape index (κ3) is 8.15. The molecule has 0 spiro atoms. The largest absolute Gasteiger partial charge is 0.465 e. The highest BCUT2D eigenvalue weighted by Gasteiger charge is 2.34. The zero-order valence-corrected chi connectivity index (χ0v) is 28.6. The van der Waals surface area contributed by atoms with E-state index in [9.17, 15) is 14.4 Å². The monoisotopic (exact) mass is 671 g/mol. The molecule has 11 heteroatoms. The number of ether oxygens (including phenoxy) is 1. The van der Waals surface area contributed by atoms with Gasteiger partial charge in [0.15, 0.2) is 0 Å². The number of likely N-dealkylation sites (tertiary alicyclic amines) is 3. The topological polar surface area (TPSA) is 109 Å². The molecule has 3 aliphatic heterocycles. The molecule has 0 bridgehead atoms. The fourth-order valence-electron chi connectivity index (χ4n) is 7.84. The summed E-state index contributed by atoms with van der Waals surface area (Å²) in [5.74, 6) is 1.72. The maximum atomic E-state index is 13.1. The highest BCUT2D eigenvalue weighted by Crippen LogP contribution is 2.40. The first-order chi connectivity index (χ1) is 22.2. The smallest absolute Gasteiger partial charge is 0.338 e. The molecule has 9 nitrogen and oxygen atoms in total. The Balaban J connectivity index is 1.18. The molecule has 3 saturated heterocycles. The summed E-state index contributed by atoms with van der Waals surface area (Å²) in [5.41, 5.74) is 9.49. The lowest BCUT2D eigenvalue weighted by Gasteiger charge is -2.41. The lowest BCUT2D eigenvalue weighted by molar-refractivity contribution is -0.136. The van der Waals surface area contributed by atoms with E-state index in [1.807, 2.05) is 31.2 Å². The second-order valence-corrected chi connectivity index (χ2v) is 13.9. The van der Waals surface area contributed by atoms with E-state index in [1.54, 1.807) is 11.1 Å². The summed E-state index contributed by atoms with van der Waals surface area (Å²) >= 11 is 12.4. The Bertz CT molecular complexity index is 1370. The molecular weight excluding hydrogens is 625 g/mol. The number of alkyl halides is 1. The first kappa shape index (κ1) is 34.5. The average Bonchev–Trinajstić information content (AvgIpc) is 3.17. The van der Waals surface area contributed by atoms with Crippen LogP contribution in [0, 0.1) is 17.8 Å². The number of primary amides is 1. The first-order valence-electron chi connectivity index (χ1n) is 16.6. The van der Waals surface area contributed by atoms with Gasteiger partial charge in [0.05, 0.1) is 24.3 Å². The van der Waals surface area contributed by atoms with E-state index in [0.717, 1.165) is 93.6 Å². The van der Waals surface area contributed by atoms with Gasteiger partial charge in [-0.25, -0.2) is 9.59 Å². The van der Waals surface area contributed by atoms with Crippen LogP contribution in [0.3, 0.4) is 0 Å². The number of halogens is 2. The number of carbonyl (C=O) groups is 3. The minimum atomic E-state index is -0.401. The van der Waals surface area contributed by atoms with Crippen LogP contribution in [0.5, 0.6) is 0 Å². The number of methoxy groups -OCH3 is 1. The van der Waals surface area contributed by atoms with Gasteiger partial charge in [-0.05, 0) is 111 Å². The second-order valence-electron chi connectivity index (χ2n) is 13.2. The van der Waals surface area contributed by atoms with Crippen molar-refractivity contribution in [3.63, 3.8) is 0 Å². The van der Waals surface area contributed by atoms with Gasteiger partial charge >= 0.3 is 12.0 Å². The number of hydrogen-bond acceptors (Lipinski definition) is 6. The quantitative estimate of drug-likeness (QED) is 0.216. The fourth-order valence-corrected chi connectivity index (χ4v) is 8.09. The number of urea groups is 1. The molecule has 3 fully saturated rings. The van der Waals surface area contributed by atoms with Crippen molar-refractivity contribution in [3.05, 3.63) is 51.2 Å². The van der Waals surface area contributed by atoms with Crippen molar-refractivity contribution in [1.29, 1.82) is 0 Å². The van der Waals surface area contributed by atoms with E-state index < -0.39 is 5.97 Å². The molecule has 46 heavy (non-hydrogen) atoms. The average molecular weight is 673 g/mol. The number of fused-ring (bicyclic) bond motifs is 1. The van der Waals surface area contributed by atoms with Gasteiger partial charge in [0.25, 0.3) is 0 Å². The van der Waals surface area contributed by atoms with Gasteiger partial charge in [0, 0.05) is 56.3 Å². The molecular formula is C35H47Cl2N5O4. The number of amides is 3. The molecule has 1 unspecified atom stereocenters. The molecule has 1 aromatic rings. The summed E-state index contributed by atoms with van der Waals surface area (Å²) in [7, 11) is 1.39. The predicted octanol–water partition coefficient (Wildman–Crippen LogP) is 5.71. The molecule has 3 heterocycles. The normalized spacial score (nSPS) is 22.5. The third-order valence-corrected chi connectivity index (χ3v) is 10.9. The Morgan fingerprint density at radius 2 is 1.61 bits per heavy atom. The number of aliphatic imine (C=N–C) groups is 1. The van der Waals surface area contributed by atoms with Gasteiger partial charge in [-0.1, -0.05) is 17.7 Å². The summed E-state index contributed by atoms with van der Waals surface area (Å²) in [5, 5.41) is 0.613. The molecule has 0 saturated carbocycles. The second kappa shape index (κ2) is 15.8. The molecule has 1 aromatic carbocycles. The number of rotatable bonds is 8. The molecule has 250 valence electrons. The molecule has 4 aliphatic rings. The molecule has 1 aliphatic carbocycles. The number of piperidine rings is 3. The highest BCUT2D eigenvalue weighted by atomic mass is 35.5. The van der Waals surface area contributed by atoms with Crippen LogP contribution >= 0.6 is 23.2 Å². The minimum Gasteiger partial charge on any atom is -0.465 e. The van der Waals surface area contributed by atoms with Crippen LogP contribution in [0.1, 0.15) is 68.9 Å². The van der Waals surface area contributed by atoms with Gasteiger partial charge in [0.2, 0.25) is 5.91 Å². The maximum Gasteiger partial charge on any atom is 0.338 e. The standard InChI is InChI=1S/C35H47Cl2N5O4/c1-23-30(34(44)46-2)21-27-20-28(37)3-4-29(27)31(33(23)39-12-11-36)22-40-13-7-25(8-14-40)26-9-17-41(18-10-26)32(43)19-24-5-15-42(16-6-24)35(38)45/h3-4,12,20-21,24-26,31H,5-11,13-19,22H2,1-2H3,(H2,38,45). The van der Waals surface area contributed by atoms with Crippen molar-refractivity contribution in [2.75, 3.05) is 58.8 Å². The van der Waals surface area contributed by atoms with Crippen LogP contribution in [-0.4, -0.2) is 97.6 Å². The van der Waals surface area contributed by atoms with E-state index >= 15 is 0 Å². The van der Waals surface area contributed by atoms with E-state index in [4.69, 9.17) is 38.7 Å². The van der Waals surface area contributed by atoms with Crippen molar-refractivity contribution >= 4 is 53.4 Å². The maximum absolute atomic E-state index is 13.1. The number of nitrogens with zero attached hydrogens (tertiary/aromatic N) is 4. The molecule has 3 amide bonds. The summed E-state index contributed by atoms with van der Waals surface area (Å²) in [4.78, 5) is 48.4. The van der Waals surface area contributed by atoms with Gasteiger partial charge < -0.3 is 25.2 Å². The predicted molar refractivity (Wildman–Crippen MR) is 183 cm³/mol. The number of carbonyl (C=O) groups excluding carboxylic acids is 3. The van der Waals surface area contributed by atoms with E-state index in [1.165, 1.54) is 7.11 Å². The van der Waals surface area contributed by atoms with Crippen molar-refractivity contribution in [3.8, 4) is 0 Å². The number of benzene rings is 1. The van der Waals surface area contributed by atoms with E-state index in [-0.39, 0.29) is 23.7 Å². The van der Waals surface area contributed by atoms with Gasteiger partial charge in [-0.3, -0.25) is 9.79 Å². The first-order valence-corrected chi connectivity index (χ1v) is 17.5. The summed E-state index contributed by atoms with van der Waals surface area (Å²) < 4.78 is 5.13. The lowest BCUT2D eigenvalue weighted by atomic mass is 9.78. The molecule has 0 radical (unpaired) electrons. The van der Waals surface area contributed by atoms with Crippen molar-refractivity contribution in [1.82, 2.24) is 14.7 Å². The van der Waals surface area contributed by atoms with Crippen LogP contribution in [0.25, 0.3) is 6.08 Å². The fraction of sp³-hybridized carbons (Fsp3) is 0.600. The van der Waals surface area contributed by atoms with Crippen LogP contribution < -0.4 is 5.73 Å². The zero-order chi connectivity index (χ0) is 32.8. The minimum absolute atomic E-state index is 0.0565. The van der Waals surface area contributed by atoms with Crippen molar-refractivity contribution in [2.24, 2.45) is 28.5 Å². The third-order valence-electron chi connectivity index (χ3n) is 10.6. The SMILES string of the molecule is COC(=O)C1=Cc2cc(Cl)ccc2C(CN2CCC(C3CCN(C(=O)CC4CCN(C(N)=O)CC4)CC3)CC2)C(N=CCCl)=C1C. The number of esters is 1. The summed E-state index contributed by atoms with van der Waals surface area (Å²) in [6.07, 6.45) is 10.2. The number of hydrogen-bond donors (Lipinski definition) is 1. The molecule has 0 aromatic heterocycles. The van der Waals surface area contributed by atoms with Gasteiger partial charge in [0.1, 0.15) is 0 Å². The Labute approximate surface area is 282 Å². The van der Waals surface area contributed by atoms with E-state index in [0.29, 0.717) is 47.9 Å². The molecule has 5 rings (SSSR count). The highest BCUT2D eigenvalue weighted by molar-refractivity contribution is 6.30. The van der Waals surface area contributed by atoms with E-state index in [2.05, 4.69) is 9.80 Å². The number of nitrogens with two attached hydrogens (primary N) is 1. The van der Waals surface area contributed by atoms with Crippen molar-refractivity contribution in [2.45, 2.75) is 57.8 Å². The van der Waals surface area contributed by atoms with Crippen LogP contribution in [0.2, 0.25) is 5.02 Å². The molecule has 2 N–H and O–H groups in total. The Morgan fingerprint density at radius 1 is 0.978 bits per heavy atom. The lowest BCUT2D eigenvalue weighted by Crippen LogP contribution is -2.45. The molecule has 1 atom stereocenters. The summed E-state index contributed by atoms with van der Waals surface area (Å²) in [6.45, 7) is 7.69. The summed E-state index contributed by atoms with van der Waals surface area (Å²) in [6, 6.07) is 5.49. The van der Waals surface area contributed by atoms with Crippen molar-refractivity contribution < 1.29 is 19.1 Å². The zero-order valence-electron chi connectivity index (χ0n) is 27.1.